The van der Waals surface area contributed by atoms with Crippen LogP contribution in [0.15, 0.2) is 23.2 Å². The van der Waals surface area contributed by atoms with E-state index in [1.54, 1.807) is 24.0 Å². The zero-order valence-electron chi connectivity index (χ0n) is 8.98. The van der Waals surface area contributed by atoms with E-state index >= 15 is 0 Å². The molecule has 1 saturated heterocycles. The van der Waals surface area contributed by atoms with Crippen LogP contribution in [0.4, 0.5) is 0 Å². The summed E-state index contributed by atoms with van der Waals surface area (Å²) in [6, 6.07) is 3.73. The molecule has 0 amide bonds. The van der Waals surface area contributed by atoms with Crippen molar-refractivity contribution in [2.45, 2.75) is 23.8 Å². The number of nitrogens with one attached hydrogen (secondary N) is 1. The zero-order chi connectivity index (χ0) is 11.4. The molecule has 1 aromatic rings. The van der Waals surface area contributed by atoms with E-state index < -0.39 is 0 Å². The lowest BCUT2D eigenvalue weighted by atomic mass is 10.3. The molecule has 0 spiro atoms. The van der Waals surface area contributed by atoms with Crippen molar-refractivity contribution < 1.29 is 4.74 Å². The van der Waals surface area contributed by atoms with Gasteiger partial charge in [0.25, 0.3) is 0 Å². The Kier molecular flexibility index (Phi) is 3.79. The Hall–Kier alpha value is -1.07. The number of hydrogen-bond acceptors (Lipinski definition) is 4. The van der Waals surface area contributed by atoms with Gasteiger partial charge in [0, 0.05) is 23.5 Å². The summed E-state index contributed by atoms with van der Waals surface area (Å²) in [4.78, 5) is 5.21. The molecule has 0 aliphatic carbocycles. The topological polar surface area (TPSA) is 72.0 Å². The molecule has 1 fully saturated rings. The number of thioether (sulfide) groups is 1. The van der Waals surface area contributed by atoms with E-state index in [2.05, 4.69) is 4.98 Å². The number of nitrogens with two attached hydrogens (primary N) is 1. The van der Waals surface area contributed by atoms with Crippen molar-refractivity contribution in [1.29, 1.82) is 5.41 Å². The minimum atomic E-state index is 0.00989. The summed E-state index contributed by atoms with van der Waals surface area (Å²) in [5.41, 5.74) is 5.86. The summed E-state index contributed by atoms with van der Waals surface area (Å²) < 4.78 is 5.54. The summed E-state index contributed by atoms with van der Waals surface area (Å²) in [7, 11) is 0. The van der Waals surface area contributed by atoms with Crippen molar-refractivity contribution in [3.05, 3.63) is 24.0 Å². The van der Waals surface area contributed by atoms with Crippen molar-refractivity contribution >= 4 is 17.6 Å². The number of amidine groups is 1. The molecule has 0 bridgehead atoms. The molecule has 3 N–H and O–H groups in total. The van der Waals surface area contributed by atoms with Gasteiger partial charge in [-0.15, -0.1) is 11.8 Å². The molecule has 4 nitrogen and oxygen atoms in total. The second-order valence-corrected chi connectivity index (χ2v) is 4.83. The number of nitrogens with zero attached hydrogens (tertiary/aromatic N) is 1. The van der Waals surface area contributed by atoms with Gasteiger partial charge in [-0.3, -0.25) is 10.4 Å². The second kappa shape index (κ2) is 5.32. The molecule has 2 heterocycles. The lowest BCUT2D eigenvalue weighted by molar-refractivity contribution is 0.129. The van der Waals surface area contributed by atoms with E-state index in [1.165, 1.54) is 6.42 Å². The highest BCUT2D eigenvalue weighted by Crippen LogP contribution is 2.23. The number of rotatable bonds is 4. The maximum atomic E-state index is 7.23. The SMILES string of the molecule is N=C(N)c1ccc(SCC2CCCO2)cn1. The first-order valence-electron chi connectivity index (χ1n) is 5.30. The van der Waals surface area contributed by atoms with Crippen molar-refractivity contribution in [2.24, 2.45) is 5.73 Å². The fraction of sp³-hybridized carbons (Fsp3) is 0.455. The molecule has 1 atom stereocenters. The van der Waals surface area contributed by atoms with Crippen molar-refractivity contribution in [2.75, 3.05) is 12.4 Å². The molecule has 1 aromatic heterocycles. The first-order valence-corrected chi connectivity index (χ1v) is 6.29. The molecule has 5 heteroatoms. The van der Waals surface area contributed by atoms with E-state index in [9.17, 15) is 0 Å². The van der Waals surface area contributed by atoms with Crippen LogP contribution >= 0.6 is 11.8 Å². The zero-order valence-corrected chi connectivity index (χ0v) is 9.80. The van der Waals surface area contributed by atoms with Crippen LogP contribution < -0.4 is 5.73 Å². The lowest BCUT2D eigenvalue weighted by Gasteiger charge is -2.08. The Balaban J connectivity index is 1.87. The third-order valence-electron chi connectivity index (χ3n) is 2.47. The summed E-state index contributed by atoms with van der Waals surface area (Å²) in [5, 5.41) is 7.23. The van der Waals surface area contributed by atoms with Crippen LogP contribution in [-0.2, 0) is 4.74 Å². The Labute approximate surface area is 99.1 Å². The van der Waals surface area contributed by atoms with Gasteiger partial charge in [-0.1, -0.05) is 0 Å². The highest BCUT2D eigenvalue weighted by molar-refractivity contribution is 7.99. The quantitative estimate of drug-likeness (QED) is 0.474. The molecule has 16 heavy (non-hydrogen) atoms. The van der Waals surface area contributed by atoms with Gasteiger partial charge in [-0.25, -0.2) is 0 Å². The first kappa shape index (κ1) is 11.4. The molecule has 86 valence electrons. The van der Waals surface area contributed by atoms with Gasteiger partial charge in [0.1, 0.15) is 11.5 Å². The molecule has 0 saturated carbocycles. The maximum absolute atomic E-state index is 7.23. The Morgan fingerprint density at radius 1 is 1.62 bits per heavy atom. The van der Waals surface area contributed by atoms with Crippen LogP contribution in [0.25, 0.3) is 0 Å². The average Bonchev–Trinajstić information content (AvgIpc) is 2.80. The Morgan fingerprint density at radius 3 is 3.06 bits per heavy atom. The molecule has 1 aliphatic rings. The van der Waals surface area contributed by atoms with Gasteiger partial charge in [-0.2, -0.15) is 0 Å². The van der Waals surface area contributed by atoms with Crippen LogP contribution in [0.3, 0.4) is 0 Å². The van der Waals surface area contributed by atoms with Crippen LogP contribution in [0.5, 0.6) is 0 Å². The molecule has 2 rings (SSSR count). The van der Waals surface area contributed by atoms with E-state index in [0.717, 1.165) is 23.7 Å². The molecule has 0 aromatic carbocycles. The molecular weight excluding hydrogens is 222 g/mol. The van der Waals surface area contributed by atoms with Crippen LogP contribution in [0.2, 0.25) is 0 Å². The van der Waals surface area contributed by atoms with E-state index in [1.807, 2.05) is 6.07 Å². The number of pyridine rings is 1. The van der Waals surface area contributed by atoms with Crippen molar-refractivity contribution in [1.82, 2.24) is 4.98 Å². The predicted octanol–water partition coefficient (Wildman–Crippen LogP) is 1.64. The monoisotopic (exact) mass is 237 g/mol. The normalized spacial score (nSPS) is 19.9. The third kappa shape index (κ3) is 2.96. The highest BCUT2D eigenvalue weighted by atomic mass is 32.2. The van der Waals surface area contributed by atoms with Gasteiger partial charge in [0.05, 0.1) is 6.10 Å². The van der Waals surface area contributed by atoms with Crippen LogP contribution in [0.1, 0.15) is 18.5 Å². The fourth-order valence-electron chi connectivity index (χ4n) is 1.59. The van der Waals surface area contributed by atoms with Gasteiger partial charge >= 0.3 is 0 Å². The van der Waals surface area contributed by atoms with Crippen molar-refractivity contribution in [3.63, 3.8) is 0 Å². The summed E-state index contributed by atoms with van der Waals surface area (Å²) >= 11 is 1.74. The van der Waals surface area contributed by atoms with Crippen molar-refractivity contribution in [3.8, 4) is 0 Å². The Morgan fingerprint density at radius 2 is 2.50 bits per heavy atom. The van der Waals surface area contributed by atoms with E-state index in [-0.39, 0.29) is 5.84 Å². The minimum Gasteiger partial charge on any atom is -0.382 e. The van der Waals surface area contributed by atoms with E-state index in [0.29, 0.717) is 11.8 Å². The van der Waals surface area contributed by atoms with Gasteiger partial charge < -0.3 is 10.5 Å². The number of ether oxygens (including phenoxy) is 1. The van der Waals surface area contributed by atoms with Gasteiger partial charge in [0.15, 0.2) is 0 Å². The third-order valence-corrected chi connectivity index (χ3v) is 3.59. The van der Waals surface area contributed by atoms with Gasteiger partial charge in [0.2, 0.25) is 0 Å². The maximum Gasteiger partial charge on any atom is 0.141 e. The number of hydrogen-bond donors (Lipinski definition) is 2. The molecule has 1 aliphatic heterocycles. The predicted molar refractivity (Wildman–Crippen MR) is 65.0 cm³/mol. The minimum absolute atomic E-state index is 0.00989. The number of nitrogen functional groups attached to an aromatic ring is 1. The summed E-state index contributed by atoms with van der Waals surface area (Å²) in [6.45, 7) is 0.896. The fourth-order valence-corrected chi connectivity index (χ4v) is 2.52. The Bertz CT molecular complexity index is 360. The summed E-state index contributed by atoms with van der Waals surface area (Å²) in [6.07, 6.45) is 4.48. The molecular formula is C11H15N3OS. The smallest absolute Gasteiger partial charge is 0.141 e. The lowest BCUT2D eigenvalue weighted by Crippen LogP contribution is -2.12. The van der Waals surface area contributed by atoms with Crippen LogP contribution in [0, 0.1) is 5.41 Å². The highest BCUT2D eigenvalue weighted by Gasteiger charge is 2.15. The van der Waals surface area contributed by atoms with Gasteiger partial charge in [-0.05, 0) is 25.0 Å². The second-order valence-electron chi connectivity index (χ2n) is 3.74. The molecule has 0 radical (unpaired) electrons. The van der Waals surface area contributed by atoms with Crippen LogP contribution in [-0.4, -0.2) is 29.3 Å². The average molecular weight is 237 g/mol. The standard InChI is InChI=1S/C11H15N3OS/c12-11(13)10-4-3-9(6-14-10)16-7-8-2-1-5-15-8/h3-4,6,8H,1-2,5,7H2,(H3,12,13). The summed E-state index contributed by atoms with van der Waals surface area (Å²) in [5.74, 6) is 0.983. The largest absolute Gasteiger partial charge is 0.382 e. The number of aromatic nitrogens is 1. The first-order chi connectivity index (χ1) is 7.75. The molecule has 1 unspecified atom stereocenters. The van der Waals surface area contributed by atoms with E-state index in [4.69, 9.17) is 15.9 Å².